The number of rotatable bonds is 4. The Labute approximate surface area is 155 Å². The Hall–Kier alpha value is -2.44. The van der Waals surface area contributed by atoms with Gasteiger partial charge in [0.15, 0.2) is 5.82 Å². The topological polar surface area (TPSA) is 33.2 Å². The molecule has 3 nitrogen and oxygen atoms in total. The number of likely N-dealkylation sites (tertiary alicyclic amines) is 1. The number of hydrogen-bond donors (Lipinski definition) is 0. The van der Waals surface area contributed by atoms with Crippen molar-refractivity contribution in [1.29, 1.82) is 0 Å². The van der Waals surface area contributed by atoms with Crippen molar-refractivity contribution in [3.63, 3.8) is 0 Å². The van der Waals surface area contributed by atoms with Crippen molar-refractivity contribution >= 4 is 5.91 Å². The summed E-state index contributed by atoms with van der Waals surface area (Å²) >= 11 is 0. The summed E-state index contributed by atoms with van der Waals surface area (Å²) in [7, 11) is 0. The first kappa shape index (κ1) is 19.3. The Morgan fingerprint density at radius 1 is 1.22 bits per heavy atom. The molecule has 0 N–H and O–H groups in total. The highest BCUT2D eigenvalue weighted by Gasteiger charge is 2.33. The number of amides is 1. The Bertz CT molecular complexity index is 807. The summed E-state index contributed by atoms with van der Waals surface area (Å²) in [5, 5.41) is 0. The lowest BCUT2D eigenvalue weighted by atomic mass is 9.90. The number of benzene rings is 1. The first-order valence-electron chi connectivity index (χ1n) is 8.90. The number of aryl methyl sites for hydroxylation is 1. The highest BCUT2D eigenvalue weighted by atomic mass is 19.4. The van der Waals surface area contributed by atoms with E-state index in [0.29, 0.717) is 25.9 Å². The number of halogens is 4. The fraction of sp³-hybridized carbons (Fsp3) is 0.400. The SMILES string of the molecule is O=C(c1ccncc1F)N1CCCC(CCc2ccccc2C(F)(F)F)C1. The van der Waals surface area contributed by atoms with Crippen molar-refractivity contribution in [3.05, 3.63) is 65.2 Å². The molecule has 1 aliphatic rings. The molecule has 1 atom stereocenters. The predicted molar refractivity (Wildman–Crippen MR) is 92.6 cm³/mol. The molecule has 144 valence electrons. The number of pyridine rings is 1. The molecule has 0 saturated carbocycles. The smallest absolute Gasteiger partial charge is 0.338 e. The number of nitrogens with zero attached hydrogens (tertiary/aromatic N) is 2. The van der Waals surface area contributed by atoms with Crippen LogP contribution in [0.1, 0.15) is 40.7 Å². The lowest BCUT2D eigenvalue weighted by Gasteiger charge is -2.33. The summed E-state index contributed by atoms with van der Waals surface area (Å²) in [5.41, 5.74) is -0.353. The predicted octanol–water partition coefficient (Wildman–Crippen LogP) is 4.72. The highest BCUT2D eigenvalue weighted by Crippen LogP contribution is 2.33. The van der Waals surface area contributed by atoms with E-state index in [2.05, 4.69) is 4.98 Å². The van der Waals surface area contributed by atoms with E-state index in [1.807, 2.05) is 0 Å². The third-order valence-corrected chi connectivity index (χ3v) is 4.95. The van der Waals surface area contributed by atoms with Gasteiger partial charge in [0.25, 0.3) is 5.91 Å². The monoisotopic (exact) mass is 380 g/mol. The molecule has 0 radical (unpaired) electrons. The van der Waals surface area contributed by atoms with Gasteiger partial charge in [0.1, 0.15) is 0 Å². The zero-order valence-electron chi connectivity index (χ0n) is 14.7. The van der Waals surface area contributed by atoms with Gasteiger partial charge in [-0.05, 0) is 49.3 Å². The van der Waals surface area contributed by atoms with E-state index in [9.17, 15) is 22.4 Å². The van der Waals surface area contributed by atoms with E-state index in [1.165, 1.54) is 24.4 Å². The second kappa shape index (κ2) is 8.06. The van der Waals surface area contributed by atoms with Crippen molar-refractivity contribution in [2.24, 2.45) is 5.92 Å². The zero-order valence-corrected chi connectivity index (χ0v) is 14.7. The summed E-state index contributed by atoms with van der Waals surface area (Å²) in [5.74, 6) is -0.965. The van der Waals surface area contributed by atoms with Crippen LogP contribution in [0.15, 0.2) is 42.7 Å². The molecular weight excluding hydrogens is 360 g/mol. The number of carbonyl (C=O) groups excluding carboxylic acids is 1. The highest BCUT2D eigenvalue weighted by molar-refractivity contribution is 5.94. The van der Waals surface area contributed by atoms with Gasteiger partial charge < -0.3 is 4.90 Å². The molecule has 2 aromatic rings. The van der Waals surface area contributed by atoms with Crippen LogP contribution in [0.2, 0.25) is 0 Å². The maximum atomic E-state index is 13.8. The maximum absolute atomic E-state index is 13.8. The average molecular weight is 380 g/mol. The second-order valence-corrected chi connectivity index (χ2v) is 6.81. The first-order chi connectivity index (χ1) is 12.9. The quantitative estimate of drug-likeness (QED) is 0.719. The van der Waals surface area contributed by atoms with Crippen LogP contribution in [-0.2, 0) is 12.6 Å². The van der Waals surface area contributed by atoms with Gasteiger partial charge in [0, 0.05) is 19.3 Å². The number of piperidine rings is 1. The minimum absolute atomic E-state index is 0.0203. The van der Waals surface area contributed by atoms with Crippen molar-refractivity contribution in [3.8, 4) is 0 Å². The number of aromatic nitrogens is 1. The van der Waals surface area contributed by atoms with Crippen LogP contribution in [0.4, 0.5) is 17.6 Å². The molecule has 1 fully saturated rings. The summed E-state index contributed by atoms with van der Waals surface area (Å²) in [4.78, 5) is 17.8. The molecule has 1 aliphatic heterocycles. The number of hydrogen-bond acceptors (Lipinski definition) is 2. The van der Waals surface area contributed by atoms with Gasteiger partial charge in [-0.15, -0.1) is 0 Å². The summed E-state index contributed by atoms with van der Waals surface area (Å²) in [6.45, 7) is 0.949. The minimum Gasteiger partial charge on any atom is -0.338 e. The molecule has 2 heterocycles. The van der Waals surface area contributed by atoms with E-state index in [0.717, 1.165) is 25.1 Å². The van der Waals surface area contributed by atoms with E-state index < -0.39 is 23.5 Å². The molecule has 1 unspecified atom stereocenters. The van der Waals surface area contributed by atoms with Crippen LogP contribution >= 0.6 is 0 Å². The molecule has 1 aromatic carbocycles. The maximum Gasteiger partial charge on any atom is 0.416 e. The van der Waals surface area contributed by atoms with Gasteiger partial charge in [0.2, 0.25) is 0 Å². The molecule has 3 rings (SSSR count). The van der Waals surface area contributed by atoms with Crippen LogP contribution in [0.25, 0.3) is 0 Å². The van der Waals surface area contributed by atoms with Crippen LogP contribution < -0.4 is 0 Å². The fourth-order valence-corrected chi connectivity index (χ4v) is 3.58. The lowest BCUT2D eigenvalue weighted by molar-refractivity contribution is -0.138. The summed E-state index contributed by atoms with van der Waals surface area (Å²) in [6, 6.07) is 6.93. The normalized spacial score (nSPS) is 17.8. The van der Waals surface area contributed by atoms with Gasteiger partial charge in [-0.1, -0.05) is 18.2 Å². The van der Waals surface area contributed by atoms with E-state index in [-0.39, 0.29) is 17.0 Å². The Morgan fingerprint density at radius 3 is 2.74 bits per heavy atom. The summed E-state index contributed by atoms with van der Waals surface area (Å²) < 4.78 is 53.1. The summed E-state index contributed by atoms with van der Waals surface area (Å²) in [6.07, 6.45) is 0.446. The lowest BCUT2D eigenvalue weighted by Crippen LogP contribution is -2.40. The van der Waals surface area contributed by atoms with E-state index in [4.69, 9.17) is 0 Å². The molecule has 1 saturated heterocycles. The fourth-order valence-electron chi connectivity index (χ4n) is 3.58. The van der Waals surface area contributed by atoms with Gasteiger partial charge in [-0.25, -0.2) is 4.39 Å². The number of carbonyl (C=O) groups is 1. The van der Waals surface area contributed by atoms with Gasteiger partial charge >= 0.3 is 6.18 Å². The molecule has 1 amide bonds. The molecule has 0 spiro atoms. The Kier molecular flexibility index (Phi) is 5.77. The molecule has 1 aromatic heterocycles. The molecule has 27 heavy (non-hydrogen) atoms. The van der Waals surface area contributed by atoms with Gasteiger partial charge in [-0.3, -0.25) is 9.78 Å². The molecule has 7 heteroatoms. The third-order valence-electron chi connectivity index (χ3n) is 4.95. The van der Waals surface area contributed by atoms with Crippen LogP contribution in [0, 0.1) is 11.7 Å². The van der Waals surface area contributed by atoms with Gasteiger partial charge in [-0.2, -0.15) is 13.2 Å². The third kappa shape index (κ3) is 4.64. The van der Waals surface area contributed by atoms with E-state index in [1.54, 1.807) is 11.0 Å². The Morgan fingerprint density at radius 2 is 2.00 bits per heavy atom. The van der Waals surface area contributed by atoms with Crippen molar-refractivity contribution < 1.29 is 22.4 Å². The zero-order chi connectivity index (χ0) is 19.4. The standard InChI is InChI=1S/C20H20F4N2O/c21-18-12-25-10-9-16(18)19(27)26-11-3-4-14(13-26)7-8-15-5-1-2-6-17(15)20(22,23)24/h1-2,5-6,9-10,12,14H,3-4,7-8,11,13H2. The van der Waals surface area contributed by atoms with Crippen molar-refractivity contribution in [2.45, 2.75) is 31.9 Å². The first-order valence-corrected chi connectivity index (χ1v) is 8.90. The number of alkyl halides is 3. The van der Waals surface area contributed by atoms with E-state index >= 15 is 0 Å². The average Bonchev–Trinajstić information content (AvgIpc) is 2.66. The van der Waals surface area contributed by atoms with Crippen molar-refractivity contribution in [1.82, 2.24) is 9.88 Å². The minimum atomic E-state index is -4.37. The van der Waals surface area contributed by atoms with Gasteiger partial charge in [0.05, 0.1) is 17.3 Å². The van der Waals surface area contributed by atoms with Crippen LogP contribution in [-0.4, -0.2) is 28.9 Å². The Balaban J connectivity index is 1.65. The largest absolute Gasteiger partial charge is 0.416 e. The molecule has 0 aliphatic carbocycles. The van der Waals surface area contributed by atoms with Crippen molar-refractivity contribution in [2.75, 3.05) is 13.1 Å². The van der Waals surface area contributed by atoms with Crippen LogP contribution in [0.5, 0.6) is 0 Å². The second-order valence-electron chi connectivity index (χ2n) is 6.81. The van der Waals surface area contributed by atoms with Crippen LogP contribution in [0.3, 0.4) is 0 Å². The molecular formula is C20H20F4N2O. The molecule has 0 bridgehead atoms.